The standard InChI is InChI=1S/C16H18N2O4/c19-15(10-5-6-22-9-10)18-14(16(20)21)7-11-8-17-13-4-2-1-3-12(11)13/h1-4,8,10,14,17H,5-7,9H2,(H,18,19)(H,20,21)/t10-,14+/m0/s1. The summed E-state index contributed by atoms with van der Waals surface area (Å²) in [5, 5.41) is 13.0. The highest BCUT2D eigenvalue weighted by Gasteiger charge is 2.28. The number of benzene rings is 1. The third-order valence-electron chi connectivity index (χ3n) is 4.01. The second-order valence-corrected chi connectivity index (χ2v) is 5.52. The van der Waals surface area contributed by atoms with Gasteiger partial charge in [-0.15, -0.1) is 0 Å². The lowest BCUT2D eigenvalue weighted by Gasteiger charge is -2.16. The topological polar surface area (TPSA) is 91.4 Å². The van der Waals surface area contributed by atoms with Crippen molar-refractivity contribution in [3.05, 3.63) is 36.0 Å². The van der Waals surface area contributed by atoms with Crippen LogP contribution in [0.25, 0.3) is 10.9 Å². The summed E-state index contributed by atoms with van der Waals surface area (Å²) in [6, 6.07) is 6.76. The van der Waals surface area contributed by atoms with Gasteiger partial charge in [0.25, 0.3) is 0 Å². The fourth-order valence-electron chi connectivity index (χ4n) is 2.75. The SMILES string of the molecule is O=C(N[C@H](Cc1c[nH]c2ccccc12)C(=O)O)[C@H]1CCOC1. The normalized spacial score (nSPS) is 19.2. The van der Waals surface area contributed by atoms with Crippen molar-refractivity contribution in [3.8, 4) is 0 Å². The number of fused-ring (bicyclic) bond motifs is 1. The van der Waals surface area contributed by atoms with Crippen LogP contribution < -0.4 is 5.32 Å². The lowest BCUT2D eigenvalue weighted by molar-refractivity contribution is -0.142. The zero-order valence-corrected chi connectivity index (χ0v) is 12.0. The molecule has 1 amide bonds. The number of para-hydroxylation sites is 1. The Hall–Kier alpha value is -2.34. The van der Waals surface area contributed by atoms with Gasteiger partial charge in [-0.05, 0) is 18.1 Å². The van der Waals surface area contributed by atoms with E-state index in [-0.39, 0.29) is 18.2 Å². The Balaban J connectivity index is 1.74. The first-order valence-corrected chi connectivity index (χ1v) is 7.31. The summed E-state index contributed by atoms with van der Waals surface area (Å²) in [5.41, 5.74) is 1.84. The van der Waals surface area contributed by atoms with E-state index in [1.807, 2.05) is 24.3 Å². The van der Waals surface area contributed by atoms with Crippen LogP contribution in [0.1, 0.15) is 12.0 Å². The first-order chi connectivity index (χ1) is 10.6. The Bertz CT molecular complexity index is 688. The van der Waals surface area contributed by atoms with Crippen LogP contribution in [0.4, 0.5) is 0 Å². The number of nitrogens with one attached hydrogen (secondary N) is 2. The van der Waals surface area contributed by atoms with E-state index in [9.17, 15) is 14.7 Å². The Morgan fingerprint density at radius 3 is 2.95 bits per heavy atom. The second-order valence-electron chi connectivity index (χ2n) is 5.52. The van der Waals surface area contributed by atoms with Gasteiger partial charge >= 0.3 is 5.97 Å². The van der Waals surface area contributed by atoms with Crippen LogP contribution >= 0.6 is 0 Å². The highest BCUT2D eigenvalue weighted by Crippen LogP contribution is 2.19. The summed E-state index contributed by atoms with van der Waals surface area (Å²) < 4.78 is 5.17. The molecular formula is C16H18N2O4. The summed E-state index contributed by atoms with van der Waals surface area (Å²) in [7, 11) is 0. The van der Waals surface area contributed by atoms with Gasteiger partial charge in [0, 0.05) is 30.1 Å². The van der Waals surface area contributed by atoms with Crippen LogP contribution in [0, 0.1) is 5.92 Å². The van der Waals surface area contributed by atoms with E-state index in [0.717, 1.165) is 16.5 Å². The molecule has 6 nitrogen and oxygen atoms in total. The number of carbonyl (C=O) groups is 2. The predicted octanol–water partition coefficient (Wildman–Crippen LogP) is 1.32. The molecule has 3 N–H and O–H groups in total. The number of carboxylic acid groups (broad SMARTS) is 1. The zero-order chi connectivity index (χ0) is 15.5. The van der Waals surface area contributed by atoms with Gasteiger partial charge in [0.15, 0.2) is 0 Å². The number of carbonyl (C=O) groups excluding carboxylic acids is 1. The van der Waals surface area contributed by atoms with Gasteiger partial charge < -0.3 is 20.1 Å². The Labute approximate surface area is 127 Å². The van der Waals surface area contributed by atoms with Crippen molar-refractivity contribution in [3.63, 3.8) is 0 Å². The summed E-state index contributed by atoms with van der Waals surface area (Å²) >= 11 is 0. The molecule has 1 fully saturated rings. The number of aliphatic carboxylic acids is 1. The number of carboxylic acids is 1. The van der Waals surface area contributed by atoms with Crippen molar-refractivity contribution in [1.29, 1.82) is 0 Å². The molecule has 0 spiro atoms. The molecule has 0 aliphatic carbocycles. The lowest BCUT2D eigenvalue weighted by atomic mass is 10.0. The number of aromatic amines is 1. The highest BCUT2D eigenvalue weighted by atomic mass is 16.5. The minimum Gasteiger partial charge on any atom is -0.480 e. The number of H-pyrrole nitrogens is 1. The van der Waals surface area contributed by atoms with Gasteiger partial charge in [0.2, 0.25) is 5.91 Å². The number of aromatic nitrogens is 1. The summed E-state index contributed by atoms with van der Waals surface area (Å²) in [4.78, 5) is 26.7. The summed E-state index contributed by atoms with van der Waals surface area (Å²) in [6.45, 7) is 0.920. The van der Waals surface area contributed by atoms with Crippen molar-refractivity contribution < 1.29 is 19.4 Å². The van der Waals surface area contributed by atoms with Gasteiger partial charge in [0.05, 0.1) is 12.5 Å². The molecule has 0 saturated carbocycles. The Morgan fingerprint density at radius 2 is 2.23 bits per heavy atom. The number of hydrogen-bond acceptors (Lipinski definition) is 3. The molecule has 2 aromatic rings. The van der Waals surface area contributed by atoms with Crippen molar-refractivity contribution in [2.45, 2.75) is 18.9 Å². The molecule has 1 saturated heterocycles. The average Bonchev–Trinajstić information content (AvgIpc) is 3.16. The van der Waals surface area contributed by atoms with Crippen LogP contribution in [0.15, 0.2) is 30.5 Å². The molecule has 0 radical (unpaired) electrons. The van der Waals surface area contributed by atoms with Crippen LogP contribution in [0.3, 0.4) is 0 Å². The van der Waals surface area contributed by atoms with E-state index in [2.05, 4.69) is 10.3 Å². The predicted molar refractivity (Wildman–Crippen MR) is 80.5 cm³/mol. The highest BCUT2D eigenvalue weighted by molar-refractivity contribution is 5.87. The maximum absolute atomic E-state index is 12.1. The maximum atomic E-state index is 12.1. The quantitative estimate of drug-likeness (QED) is 0.776. The first kappa shape index (κ1) is 14.6. The van der Waals surface area contributed by atoms with E-state index in [1.165, 1.54) is 0 Å². The molecule has 0 bridgehead atoms. The van der Waals surface area contributed by atoms with E-state index in [4.69, 9.17) is 4.74 Å². The molecule has 1 aliphatic heterocycles. The molecule has 6 heteroatoms. The molecule has 116 valence electrons. The number of rotatable bonds is 5. The van der Waals surface area contributed by atoms with E-state index in [0.29, 0.717) is 19.6 Å². The molecule has 1 aromatic heterocycles. The first-order valence-electron chi connectivity index (χ1n) is 7.31. The maximum Gasteiger partial charge on any atom is 0.326 e. The molecular weight excluding hydrogens is 284 g/mol. The van der Waals surface area contributed by atoms with Crippen LogP contribution in [-0.4, -0.2) is 41.2 Å². The molecule has 2 heterocycles. The minimum absolute atomic E-state index is 0.246. The number of ether oxygens (including phenoxy) is 1. The van der Waals surface area contributed by atoms with Gasteiger partial charge in [-0.2, -0.15) is 0 Å². The monoisotopic (exact) mass is 302 g/mol. The zero-order valence-electron chi connectivity index (χ0n) is 12.0. The summed E-state index contributed by atoms with van der Waals surface area (Å²) in [5.74, 6) is -1.52. The van der Waals surface area contributed by atoms with E-state index < -0.39 is 12.0 Å². The van der Waals surface area contributed by atoms with Gasteiger partial charge in [0.1, 0.15) is 6.04 Å². The van der Waals surface area contributed by atoms with Crippen LogP contribution in [-0.2, 0) is 20.7 Å². The molecule has 0 unspecified atom stereocenters. The molecule has 1 aromatic carbocycles. The van der Waals surface area contributed by atoms with Crippen molar-refractivity contribution in [1.82, 2.24) is 10.3 Å². The lowest BCUT2D eigenvalue weighted by Crippen LogP contribution is -2.45. The third kappa shape index (κ3) is 2.96. The second kappa shape index (κ2) is 6.19. The smallest absolute Gasteiger partial charge is 0.326 e. The average molecular weight is 302 g/mol. The molecule has 1 aliphatic rings. The molecule has 2 atom stereocenters. The largest absolute Gasteiger partial charge is 0.480 e. The van der Waals surface area contributed by atoms with E-state index >= 15 is 0 Å². The van der Waals surface area contributed by atoms with Crippen LogP contribution in [0.5, 0.6) is 0 Å². The third-order valence-corrected chi connectivity index (χ3v) is 4.01. The minimum atomic E-state index is -1.03. The Kier molecular flexibility index (Phi) is 4.11. The van der Waals surface area contributed by atoms with Gasteiger partial charge in [-0.25, -0.2) is 4.79 Å². The van der Waals surface area contributed by atoms with Crippen molar-refractivity contribution >= 4 is 22.8 Å². The fourth-order valence-corrected chi connectivity index (χ4v) is 2.75. The number of amides is 1. The van der Waals surface area contributed by atoms with Crippen LogP contribution in [0.2, 0.25) is 0 Å². The molecule has 22 heavy (non-hydrogen) atoms. The number of hydrogen-bond donors (Lipinski definition) is 3. The molecule has 3 rings (SSSR count). The van der Waals surface area contributed by atoms with Gasteiger partial charge in [-0.3, -0.25) is 4.79 Å². The fraction of sp³-hybridized carbons (Fsp3) is 0.375. The van der Waals surface area contributed by atoms with E-state index in [1.54, 1.807) is 6.20 Å². The van der Waals surface area contributed by atoms with Gasteiger partial charge in [-0.1, -0.05) is 18.2 Å². The Morgan fingerprint density at radius 1 is 1.41 bits per heavy atom. The summed E-state index contributed by atoms with van der Waals surface area (Å²) in [6.07, 6.45) is 2.69. The van der Waals surface area contributed by atoms with Crippen molar-refractivity contribution in [2.24, 2.45) is 5.92 Å². The van der Waals surface area contributed by atoms with Crippen molar-refractivity contribution in [2.75, 3.05) is 13.2 Å².